The molecule has 4 heteroatoms. The van der Waals surface area contributed by atoms with Gasteiger partial charge in [0.15, 0.2) is 0 Å². The molecule has 3 N–H and O–H groups in total. The average Bonchev–Trinajstić information content (AvgIpc) is 2.84. The molecule has 4 nitrogen and oxygen atoms in total. The van der Waals surface area contributed by atoms with Crippen LogP contribution in [0.5, 0.6) is 0 Å². The van der Waals surface area contributed by atoms with Gasteiger partial charge in [0.25, 0.3) is 0 Å². The molecule has 4 atom stereocenters. The molecule has 0 heterocycles. The van der Waals surface area contributed by atoms with E-state index in [0.717, 1.165) is 29.4 Å². The Hall–Kier alpha value is -1.71. The van der Waals surface area contributed by atoms with Gasteiger partial charge in [0.1, 0.15) is 0 Å². The van der Waals surface area contributed by atoms with Gasteiger partial charge in [-0.15, -0.1) is 0 Å². The highest BCUT2D eigenvalue weighted by molar-refractivity contribution is 5.91. The monoisotopic (exact) mass is 272 g/mol. The van der Waals surface area contributed by atoms with Crippen molar-refractivity contribution in [2.24, 2.45) is 23.7 Å². The van der Waals surface area contributed by atoms with Crippen molar-refractivity contribution in [1.82, 2.24) is 0 Å². The maximum Gasteiger partial charge on any atom is 0.337 e. The summed E-state index contributed by atoms with van der Waals surface area (Å²) >= 11 is 0. The van der Waals surface area contributed by atoms with Gasteiger partial charge in [0.05, 0.1) is 24.0 Å². The lowest BCUT2D eigenvalue weighted by atomic mass is 10.0. The molecule has 1 aromatic carbocycles. The van der Waals surface area contributed by atoms with Crippen LogP contribution in [0.25, 0.3) is 0 Å². The quantitative estimate of drug-likeness (QED) is 0.655. The highest BCUT2D eigenvalue weighted by Gasteiger charge is 2.65. The van der Waals surface area contributed by atoms with Gasteiger partial charge in [-0.25, -0.2) is 4.79 Å². The van der Waals surface area contributed by atoms with Crippen LogP contribution in [0.15, 0.2) is 18.2 Å². The summed E-state index contributed by atoms with van der Waals surface area (Å²) in [7, 11) is 1.38. The molecule has 4 rings (SSSR count). The molecule has 0 aromatic heterocycles. The first-order valence-corrected chi connectivity index (χ1v) is 7.43. The summed E-state index contributed by atoms with van der Waals surface area (Å²) in [5.41, 5.74) is 8.15. The highest BCUT2D eigenvalue weighted by Crippen LogP contribution is 2.66. The fourth-order valence-corrected chi connectivity index (χ4v) is 4.64. The number of carbonyl (C=O) groups excluding carboxylic acids is 1. The number of nitrogens with one attached hydrogen (secondary N) is 1. The first-order chi connectivity index (χ1) is 9.69. The second kappa shape index (κ2) is 4.14. The van der Waals surface area contributed by atoms with Crippen molar-refractivity contribution < 1.29 is 9.53 Å². The van der Waals surface area contributed by atoms with Crippen molar-refractivity contribution in [3.05, 3.63) is 23.8 Å². The second-order valence-electron chi connectivity index (χ2n) is 6.45. The zero-order chi connectivity index (χ0) is 13.9. The topological polar surface area (TPSA) is 64.3 Å². The number of fused-ring (bicyclic) bond motifs is 5. The van der Waals surface area contributed by atoms with Crippen LogP contribution in [-0.4, -0.2) is 19.1 Å². The summed E-state index contributed by atoms with van der Waals surface area (Å²) in [6.07, 6.45) is 4.28. The number of rotatable bonds is 3. The standard InChI is InChI=1S/C16H20N2O2/c1-20-16(19)10-4-5-12(11(17)7-10)18-15-13-8-2-3-9(6-8)14(13)15/h4-5,7-9,13-15,18H,2-3,6,17H2,1H3. The molecule has 0 saturated heterocycles. The number of methoxy groups -OCH3 is 1. The molecule has 3 fully saturated rings. The third-order valence-electron chi connectivity index (χ3n) is 5.53. The minimum Gasteiger partial charge on any atom is -0.465 e. The van der Waals surface area contributed by atoms with Crippen molar-refractivity contribution >= 4 is 17.3 Å². The molecule has 3 saturated carbocycles. The van der Waals surface area contributed by atoms with E-state index in [1.807, 2.05) is 6.07 Å². The number of carbonyl (C=O) groups is 1. The minimum atomic E-state index is -0.343. The lowest BCUT2D eigenvalue weighted by Gasteiger charge is -2.14. The van der Waals surface area contributed by atoms with E-state index in [1.165, 1.54) is 26.4 Å². The molecule has 3 aliphatic rings. The summed E-state index contributed by atoms with van der Waals surface area (Å²) in [4.78, 5) is 11.5. The number of benzene rings is 1. The normalized spacial score (nSPS) is 36.5. The Morgan fingerprint density at radius 1 is 1.30 bits per heavy atom. The molecular formula is C16H20N2O2. The minimum absolute atomic E-state index is 0.343. The fraction of sp³-hybridized carbons (Fsp3) is 0.562. The van der Waals surface area contributed by atoms with Gasteiger partial charge in [-0.3, -0.25) is 0 Å². The van der Waals surface area contributed by atoms with E-state index < -0.39 is 0 Å². The Bertz CT molecular complexity index is 556. The van der Waals surface area contributed by atoms with E-state index in [0.29, 0.717) is 17.3 Å². The SMILES string of the molecule is COC(=O)c1ccc(NC2C3C4CCC(C4)C23)c(N)c1. The van der Waals surface area contributed by atoms with Crippen LogP contribution in [0.4, 0.5) is 11.4 Å². The Kier molecular flexibility index (Phi) is 2.50. The van der Waals surface area contributed by atoms with Gasteiger partial charge in [0, 0.05) is 6.04 Å². The van der Waals surface area contributed by atoms with Crippen molar-refractivity contribution in [3.63, 3.8) is 0 Å². The van der Waals surface area contributed by atoms with Crippen LogP contribution in [0, 0.1) is 23.7 Å². The number of ether oxygens (including phenoxy) is 1. The van der Waals surface area contributed by atoms with Crippen LogP contribution in [-0.2, 0) is 4.74 Å². The largest absolute Gasteiger partial charge is 0.465 e. The van der Waals surface area contributed by atoms with E-state index in [1.54, 1.807) is 12.1 Å². The highest BCUT2D eigenvalue weighted by atomic mass is 16.5. The average molecular weight is 272 g/mol. The lowest BCUT2D eigenvalue weighted by molar-refractivity contribution is 0.0601. The van der Waals surface area contributed by atoms with Gasteiger partial charge in [-0.2, -0.15) is 0 Å². The van der Waals surface area contributed by atoms with Gasteiger partial charge < -0.3 is 15.8 Å². The zero-order valence-corrected chi connectivity index (χ0v) is 11.6. The van der Waals surface area contributed by atoms with Crippen LogP contribution in [0.1, 0.15) is 29.6 Å². The molecule has 4 unspecified atom stereocenters. The maximum atomic E-state index is 11.5. The summed E-state index contributed by atoms with van der Waals surface area (Å²) < 4.78 is 4.71. The van der Waals surface area contributed by atoms with Crippen LogP contribution < -0.4 is 11.1 Å². The third kappa shape index (κ3) is 1.63. The van der Waals surface area contributed by atoms with Gasteiger partial charge in [-0.05, 0) is 61.1 Å². The number of nitrogens with two attached hydrogens (primary N) is 1. The van der Waals surface area contributed by atoms with E-state index in [-0.39, 0.29) is 5.97 Å². The number of hydrogen-bond donors (Lipinski definition) is 2. The molecule has 1 aromatic rings. The predicted molar refractivity (Wildman–Crippen MR) is 77.4 cm³/mol. The van der Waals surface area contributed by atoms with E-state index in [4.69, 9.17) is 10.5 Å². The number of nitrogen functional groups attached to an aromatic ring is 1. The van der Waals surface area contributed by atoms with E-state index >= 15 is 0 Å². The van der Waals surface area contributed by atoms with Crippen molar-refractivity contribution in [1.29, 1.82) is 0 Å². The molecular weight excluding hydrogens is 252 g/mol. The summed E-state index contributed by atoms with van der Waals surface area (Å²) in [5, 5.41) is 3.59. The number of anilines is 2. The first-order valence-electron chi connectivity index (χ1n) is 7.43. The van der Waals surface area contributed by atoms with Crippen molar-refractivity contribution in [2.75, 3.05) is 18.2 Å². The molecule has 0 amide bonds. The Balaban J connectivity index is 1.49. The Labute approximate surface area is 118 Å². The molecule has 0 radical (unpaired) electrons. The second-order valence-corrected chi connectivity index (χ2v) is 6.45. The fourth-order valence-electron chi connectivity index (χ4n) is 4.64. The van der Waals surface area contributed by atoms with Crippen LogP contribution >= 0.6 is 0 Å². The maximum absolute atomic E-state index is 11.5. The van der Waals surface area contributed by atoms with Crippen molar-refractivity contribution in [3.8, 4) is 0 Å². The zero-order valence-electron chi connectivity index (χ0n) is 11.6. The Morgan fingerprint density at radius 2 is 2.00 bits per heavy atom. The molecule has 106 valence electrons. The molecule has 2 bridgehead atoms. The first kappa shape index (κ1) is 12.1. The number of esters is 1. The van der Waals surface area contributed by atoms with Gasteiger partial charge >= 0.3 is 5.97 Å². The van der Waals surface area contributed by atoms with Gasteiger partial charge in [-0.1, -0.05) is 0 Å². The molecule has 0 spiro atoms. The summed E-state index contributed by atoms with van der Waals surface area (Å²) in [6.45, 7) is 0. The van der Waals surface area contributed by atoms with Crippen LogP contribution in [0.3, 0.4) is 0 Å². The summed E-state index contributed by atoms with van der Waals surface area (Å²) in [5.74, 6) is 3.28. The summed E-state index contributed by atoms with van der Waals surface area (Å²) in [6, 6.07) is 5.97. The van der Waals surface area contributed by atoms with E-state index in [2.05, 4.69) is 5.32 Å². The molecule has 20 heavy (non-hydrogen) atoms. The van der Waals surface area contributed by atoms with Crippen molar-refractivity contribution in [2.45, 2.75) is 25.3 Å². The lowest BCUT2D eigenvalue weighted by Crippen LogP contribution is -2.14. The molecule has 3 aliphatic carbocycles. The smallest absolute Gasteiger partial charge is 0.337 e. The van der Waals surface area contributed by atoms with E-state index in [9.17, 15) is 4.79 Å². The third-order valence-corrected chi connectivity index (χ3v) is 5.53. The number of hydrogen-bond acceptors (Lipinski definition) is 4. The van der Waals surface area contributed by atoms with Crippen LogP contribution in [0.2, 0.25) is 0 Å². The Morgan fingerprint density at radius 3 is 2.60 bits per heavy atom. The van der Waals surface area contributed by atoms with Gasteiger partial charge in [0.2, 0.25) is 0 Å². The molecule has 0 aliphatic heterocycles. The predicted octanol–water partition coefficient (Wildman–Crippen LogP) is 2.51.